The Bertz CT molecular complexity index is 2830. The van der Waals surface area contributed by atoms with Crippen LogP contribution in [0.4, 0.5) is 34.6 Å². The number of hydrogen-bond donors (Lipinski definition) is 2. The zero-order valence-corrected chi connectivity index (χ0v) is 42.6. The first kappa shape index (κ1) is 56.7. The van der Waals surface area contributed by atoms with E-state index in [0.717, 1.165) is 18.2 Å². The van der Waals surface area contributed by atoms with E-state index in [1.807, 2.05) is 0 Å². The zero-order valence-electron chi connectivity index (χ0n) is 28.8. The predicted molar refractivity (Wildman–Crippen MR) is 168 cm³/mol. The van der Waals surface area contributed by atoms with Gasteiger partial charge in [-0.1, -0.05) is 29.2 Å². The Kier molecular flexibility index (Phi) is 21.5. The third kappa shape index (κ3) is 13.8. The van der Waals surface area contributed by atoms with Crippen LogP contribution in [0.5, 0.6) is 11.5 Å². The molecular weight excluding hydrogens is 977 g/mol. The zero-order chi connectivity index (χ0) is 38.6. The fourth-order valence-electron chi connectivity index (χ4n) is 4.36. The summed E-state index contributed by atoms with van der Waals surface area (Å²) in [7, 11) is -21.5. The molecule has 0 aliphatic heterocycles. The Labute approximate surface area is 431 Å². The molecule has 0 spiro atoms. The Morgan fingerprint density at radius 1 is 0.561 bits per heavy atom. The topological polar surface area (TPSA) is 362 Å². The van der Waals surface area contributed by atoms with Crippen LogP contribution < -0.4 is 139 Å². The summed E-state index contributed by atoms with van der Waals surface area (Å²) in [6.45, 7) is 0. The van der Waals surface area contributed by atoms with Gasteiger partial charge in [-0.05, 0) is 60.1 Å². The van der Waals surface area contributed by atoms with Gasteiger partial charge in [0.25, 0.3) is 0 Å². The largest absolute Gasteiger partial charge is 2.00 e. The van der Waals surface area contributed by atoms with Crippen molar-refractivity contribution in [1.29, 1.82) is 0 Å². The number of rotatable bonds is 10. The average Bonchev–Trinajstić information content (AvgIpc) is 3.00. The van der Waals surface area contributed by atoms with Crippen molar-refractivity contribution in [2.75, 3.05) is 10.6 Å². The minimum absolute atomic E-state index is 0. The van der Waals surface area contributed by atoms with E-state index in [4.69, 9.17) is 23.2 Å². The first-order chi connectivity index (χ1) is 23.9. The molecule has 0 aliphatic rings. The van der Waals surface area contributed by atoms with Crippen molar-refractivity contribution in [2.45, 2.75) is 19.6 Å². The first-order valence-corrected chi connectivity index (χ1v) is 19.4. The van der Waals surface area contributed by atoms with Gasteiger partial charge in [-0.25, -0.2) is 33.7 Å². The molecule has 0 atom stereocenters. The SMILES string of the molecule is O=S(=O)([O-])c1cccc(Nc2nc(Cl)nc(Nc3ccc(S(=O)(=O)[O-])c4c(S(=O)(=O)[O-])cc(N=Nc5cc(S(=O)(=O)[O-])cc(Cl)c5[O-])c([O-])c34)n2)c1.[Cu+2].[Na+].[Na+].[Na+].[Na+]. The van der Waals surface area contributed by atoms with Crippen molar-refractivity contribution in [3.63, 3.8) is 0 Å². The van der Waals surface area contributed by atoms with Crippen LogP contribution in [0.2, 0.25) is 10.3 Å². The van der Waals surface area contributed by atoms with Gasteiger partial charge in [0.2, 0.25) is 17.2 Å². The van der Waals surface area contributed by atoms with E-state index in [2.05, 4.69) is 35.8 Å². The van der Waals surface area contributed by atoms with Gasteiger partial charge in [0.1, 0.15) is 40.5 Å². The van der Waals surface area contributed by atoms with Crippen molar-refractivity contribution < 1.29 is 197 Å². The van der Waals surface area contributed by atoms with Crippen LogP contribution in [0.15, 0.2) is 84.4 Å². The van der Waals surface area contributed by atoms with Gasteiger partial charge in [0.05, 0.1) is 31.0 Å². The smallest absolute Gasteiger partial charge is 0.870 e. The molecule has 5 rings (SSSR count). The molecule has 283 valence electrons. The molecule has 2 N–H and O–H groups in total. The number of nitrogens with zero attached hydrogens (tertiary/aromatic N) is 5. The second kappa shape index (κ2) is 21.7. The molecule has 57 heavy (non-hydrogen) atoms. The fraction of sp³-hybridized carbons (Fsp3) is 0. The summed E-state index contributed by atoms with van der Waals surface area (Å²) >= 11 is 11.7. The first-order valence-electron chi connectivity index (χ1n) is 13.1. The van der Waals surface area contributed by atoms with Gasteiger partial charge in [0.15, 0.2) is 0 Å². The number of hydrogen-bond acceptors (Lipinski definition) is 21. The van der Waals surface area contributed by atoms with Crippen LogP contribution in [-0.2, 0) is 57.5 Å². The van der Waals surface area contributed by atoms with Crippen molar-refractivity contribution in [1.82, 2.24) is 15.0 Å². The van der Waals surface area contributed by atoms with Crippen LogP contribution in [-0.4, -0.2) is 66.8 Å². The molecule has 0 saturated heterocycles. The molecule has 0 amide bonds. The van der Waals surface area contributed by atoms with Gasteiger partial charge >= 0.3 is 135 Å². The monoisotopic (exact) mass is 986 g/mol. The maximum atomic E-state index is 13.8. The molecule has 0 unspecified atom stereocenters. The summed E-state index contributed by atoms with van der Waals surface area (Å²) in [4.78, 5) is 6.99. The minimum atomic E-state index is -5.79. The molecule has 0 bridgehead atoms. The fourth-order valence-corrected chi connectivity index (χ4v) is 7.31. The number of aromatic nitrogens is 3. The molecule has 1 heterocycles. The van der Waals surface area contributed by atoms with Crippen LogP contribution >= 0.6 is 23.2 Å². The summed E-state index contributed by atoms with van der Waals surface area (Å²) in [6.07, 6.45) is 0. The number of halogens is 2. The standard InChI is InChI=1S/C25H17Cl2N7O14S4.Cu.4Na/c26-13-7-12(50(40,41)42)8-15(21(13)35)33-34-16-9-18(52(46,47)48)20-17(51(43,44)45)5-4-14(19(20)22(16)36)29-25-31-23(27)30-24(32-25)28-10-2-1-3-11(6-10)49(37,38)39;;;;;/h1-9,35-36H,(H,37,38,39)(H,40,41,42)(H,43,44,45)(H,46,47,48)(H2,28,29,30,31,32);;;;;/q;+2;4*+1/p-6. The van der Waals surface area contributed by atoms with Crippen LogP contribution in [0.1, 0.15) is 0 Å². The molecule has 1 radical (unpaired) electrons. The van der Waals surface area contributed by atoms with Crippen LogP contribution in [0.25, 0.3) is 10.8 Å². The molecule has 0 fully saturated rings. The number of anilines is 4. The van der Waals surface area contributed by atoms with Crippen molar-refractivity contribution in [2.24, 2.45) is 10.2 Å². The van der Waals surface area contributed by atoms with Gasteiger partial charge in [0, 0.05) is 27.2 Å². The summed E-state index contributed by atoms with van der Waals surface area (Å²) in [5.41, 5.74) is -2.67. The molecule has 1 aromatic heterocycles. The van der Waals surface area contributed by atoms with Gasteiger partial charge in [-0.2, -0.15) is 25.2 Å². The Morgan fingerprint density at radius 3 is 1.61 bits per heavy atom. The van der Waals surface area contributed by atoms with Crippen LogP contribution in [0.3, 0.4) is 0 Å². The van der Waals surface area contributed by atoms with Crippen molar-refractivity contribution in [3.05, 3.63) is 64.9 Å². The van der Waals surface area contributed by atoms with E-state index in [1.54, 1.807) is 0 Å². The summed E-state index contributed by atoms with van der Waals surface area (Å²) < 4.78 is 142. The van der Waals surface area contributed by atoms with E-state index in [0.29, 0.717) is 18.2 Å². The minimum Gasteiger partial charge on any atom is -0.870 e. The average molecular weight is 988 g/mol. The Morgan fingerprint density at radius 2 is 1.09 bits per heavy atom. The third-order valence-electron chi connectivity index (χ3n) is 6.46. The predicted octanol–water partition coefficient (Wildman–Crippen LogP) is -9.99. The normalized spacial score (nSPS) is 11.6. The van der Waals surface area contributed by atoms with Gasteiger partial charge in [-0.3, -0.25) is 0 Å². The van der Waals surface area contributed by atoms with E-state index >= 15 is 0 Å². The molecule has 32 heteroatoms. The van der Waals surface area contributed by atoms with E-state index in [1.165, 1.54) is 12.1 Å². The van der Waals surface area contributed by atoms with E-state index in [9.17, 15) is 62.1 Å². The molecular formula is C25H11Cl2CuN7Na4O14S4. The molecule has 0 aliphatic carbocycles. The Hall–Kier alpha value is -0.311. The molecule has 0 saturated carbocycles. The van der Waals surface area contributed by atoms with Crippen LogP contribution in [0, 0.1) is 0 Å². The second-order valence-corrected chi connectivity index (χ2v) is 16.1. The van der Waals surface area contributed by atoms with E-state index < -0.39 is 122 Å². The molecule has 5 aromatic rings. The summed E-state index contributed by atoms with van der Waals surface area (Å²) in [5.74, 6) is -3.64. The number of fused-ring (bicyclic) bond motifs is 1. The molecule has 21 nitrogen and oxygen atoms in total. The number of nitrogens with one attached hydrogen (secondary N) is 2. The number of azo groups is 1. The summed E-state index contributed by atoms with van der Waals surface area (Å²) in [5, 5.41) is 34.4. The quantitative estimate of drug-likeness (QED) is 0.0745. The van der Waals surface area contributed by atoms with E-state index in [-0.39, 0.29) is 147 Å². The number of benzene rings is 4. The van der Waals surface area contributed by atoms with Gasteiger partial charge < -0.3 is 39.1 Å². The maximum Gasteiger partial charge on any atom is 2.00 e. The second-order valence-electron chi connectivity index (χ2n) is 9.88. The summed E-state index contributed by atoms with van der Waals surface area (Å²) in [6, 6.07) is 6.91. The molecule has 4 aromatic carbocycles. The maximum absolute atomic E-state index is 13.8. The third-order valence-corrected chi connectivity index (χ3v) is 10.3. The Balaban J connectivity index is 0.00000627. The van der Waals surface area contributed by atoms with Crippen molar-refractivity contribution in [3.8, 4) is 11.5 Å². The van der Waals surface area contributed by atoms with Crippen molar-refractivity contribution >= 4 is 109 Å². The van der Waals surface area contributed by atoms with Gasteiger partial charge in [-0.15, -0.1) is 0 Å².